The summed E-state index contributed by atoms with van der Waals surface area (Å²) < 4.78 is 6.32. The van der Waals surface area contributed by atoms with Gasteiger partial charge in [-0.2, -0.15) is 0 Å². The van der Waals surface area contributed by atoms with Crippen LogP contribution in [-0.4, -0.2) is 75.6 Å². The summed E-state index contributed by atoms with van der Waals surface area (Å²) >= 11 is 0. The first-order valence-electron chi connectivity index (χ1n) is 12.1. The minimum atomic E-state index is -0.418. The van der Waals surface area contributed by atoms with Crippen LogP contribution in [-0.2, 0) is 0 Å². The molecule has 0 saturated heterocycles. The molecule has 0 saturated carbocycles. The van der Waals surface area contributed by atoms with E-state index in [2.05, 4.69) is 9.97 Å². The summed E-state index contributed by atoms with van der Waals surface area (Å²) in [5, 5.41) is 9.87. The summed E-state index contributed by atoms with van der Waals surface area (Å²) in [5.41, 5.74) is 3.77. The second kappa shape index (κ2) is 10.9. The van der Waals surface area contributed by atoms with Crippen LogP contribution in [0.3, 0.4) is 0 Å². The topological polar surface area (TPSA) is 95.9 Å². The van der Waals surface area contributed by atoms with Gasteiger partial charge in [0.05, 0.1) is 19.2 Å². The number of hydrogen-bond acceptors (Lipinski definition) is 6. The van der Waals surface area contributed by atoms with Crippen molar-refractivity contribution in [3.63, 3.8) is 0 Å². The summed E-state index contributed by atoms with van der Waals surface area (Å²) in [5.74, 6) is -0.274. The highest BCUT2D eigenvalue weighted by atomic mass is 16.5. The molecular weight excluding hydrogens is 456 g/mol. The summed E-state index contributed by atoms with van der Waals surface area (Å²) in [7, 11) is 1.73. The van der Waals surface area contributed by atoms with E-state index in [9.17, 15) is 14.7 Å². The van der Waals surface area contributed by atoms with Gasteiger partial charge in [0.1, 0.15) is 11.7 Å². The van der Waals surface area contributed by atoms with Gasteiger partial charge in [-0.25, -0.2) is 4.98 Å². The lowest BCUT2D eigenvalue weighted by Crippen LogP contribution is -2.50. The number of pyridine rings is 2. The fraction of sp³-hybridized carbons (Fsp3) is 0.357. The third kappa shape index (κ3) is 5.39. The molecule has 0 aliphatic carbocycles. The summed E-state index contributed by atoms with van der Waals surface area (Å²) in [6, 6.07) is 12.8. The van der Waals surface area contributed by atoms with Crippen molar-refractivity contribution in [2.45, 2.75) is 32.9 Å². The van der Waals surface area contributed by atoms with Gasteiger partial charge in [-0.1, -0.05) is 36.8 Å². The monoisotopic (exact) mass is 488 g/mol. The van der Waals surface area contributed by atoms with Crippen molar-refractivity contribution >= 4 is 11.8 Å². The summed E-state index contributed by atoms with van der Waals surface area (Å²) in [4.78, 5) is 38.4. The summed E-state index contributed by atoms with van der Waals surface area (Å²) in [6.07, 6.45) is 4.45. The number of carbonyl (C=O) groups is 2. The number of aromatic nitrogens is 2. The van der Waals surface area contributed by atoms with Gasteiger partial charge in [-0.05, 0) is 37.6 Å². The van der Waals surface area contributed by atoms with E-state index < -0.39 is 6.10 Å². The molecule has 8 nitrogen and oxygen atoms in total. The Hall–Kier alpha value is -3.78. The summed E-state index contributed by atoms with van der Waals surface area (Å²) in [6.45, 7) is 6.33. The minimum absolute atomic E-state index is 0.123. The van der Waals surface area contributed by atoms with E-state index in [0.717, 1.165) is 16.7 Å². The van der Waals surface area contributed by atoms with Gasteiger partial charge in [0, 0.05) is 49.2 Å². The van der Waals surface area contributed by atoms with E-state index in [1.54, 1.807) is 53.6 Å². The molecule has 4 rings (SSSR count). The van der Waals surface area contributed by atoms with Crippen LogP contribution in [0.2, 0.25) is 0 Å². The number of fused-ring (bicyclic) bond motifs is 1. The number of aliphatic hydroxyl groups excluding tert-OH is 1. The number of carbonyl (C=O) groups excluding carboxylic acids is 2. The number of benzene rings is 1. The molecule has 0 bridgehead atoms. The molecule has 2 aromatic heterocycles. The molecule has 3 heterocycles. The van der Waals surface area contributed by atoms with Gasteiger partial charge >= 0.3 is 0 Å². The van der Waals surface area contributed by atoms with Crippen molar-refractivity contribution in [3.8, 4) is 17.0 Å². The van der Waals surface area contributed by atoms with Crippen molar-refractivity contribution in [1.82, 2.24) is 19.8 Å². The number of ether oxygens (including phenoxy) is 1. The number of nitrogens with zero attached hydrogens (tertiary/aromatic N) is 4. The maximum atomic E-state index is 13.6. The zero-order valence-corrected chi connectivity index (χ0v) is 21.1. The zero-order chi connectivity index (χ0) is 25.8. The van der Waals surface area contributed by atoms with Gasteiger partial charge in [-0.15, -0.1) is 0 Å². The van der Waals surface area contributed by atoms with Crippen LogP contribution in [0.25, 0.3) is 11.1 Å². The lowest BCUT2D eigenvalue weighted by molar-refractivity contribution is 0.0313. The van der Waals surface area contributed by atoms with E-state index in [-0.39, 0.29) is 36.3 Å². The van der Waals surface area contributed by atoms with Crippen LogP contribution in [0.5, 0.6) is 5.88 Å². The molecule has 1 aliphatic heterocycles. The molecule has 2 amide bonds. The van der Waals surface area contributed by atoms with Gasteiger partial charge in [0.15, 0.2) is 0 Å². The standard InChI is InChI=1S/C28H32N4O4/c1-18-5-7-21(8-6-18)23-13-24-26(30-14-23)36-25(19(2)15-32(28(24)35)20(3)17-33)16-31(4)27(34)22-9-11-29-12-10-22/h5-14,19-20,25,33H,15-17H2,1-4H3/t19-,20-,25+/m1/s1. The Morgan fingerprint density at radius 1 is 1.19 bits per heavy atom. The number of hydrogen-bond donors (Lipinski definition) is 1. The Balaban J connectivity index is 1.68. The smallest absolute Gasteiger partial charge is 0.259 e. The van der Waals surface area contributed by atoms with Crippen LogP contribution < -0.4 is 4.74 Å². The maximum absolute atomic E-state index is 13.6. The average molecular weight is 489 g/mol. The molecule has 1 aliphatic rings. The third-order valence-electron chi connectivity index (χ3n) is 6.63. The third-order valence-corrected chi connectivity index (χ3v) is 6.63. The van der Waals surface area contributed by atoms with Crippen LogP contribution >= 0.6 is 0 Å². The van der Waals surface area contributed by atoms with Gasteiger partial charge in [0.2, 0.25) is 5.88 Å². The number of aliphatic hydroxyl groups is 1. The van der Waals surface area contributed by atoms with Gasteiger partial charge in [-0.3, -0.25) is 14.6 Å². The molecule has 0 fully saturated rings. The minimum Gasteiger partial charge on any atom is -0.472 e. The number of rotatable bonds is 6. The first-order valence-corrected chi connectivity index (χ1v) is 12.1. The van der Waals surface area contributed by atoms with Crippen LogP contribution in [0.1, 0.15) is 40.1 Å². The Morgan fingerprint density at radius 3 is 2.56 bits per heavy atom. The average Bonchev–Trinajstić information content (AvgIpc) is 2.90. The Labute approximate surface area is 211 Å². The molecule has 0 spiro atoms. The second-order valence-electron chi connectivity index (χ2n) is 9.49. The van der Waals surface area contributed by atoms with E-state index in [1.807, 2.05) is 45.0 Å². The fourth-order valence-corrected chi connectivity index (χ4v) is 4.29. The van der Waals surface area contributed by atoms with Gasteiger partial charge < -0.3 is 19.6 Å². The highest BCUT2D eigenvalue weighted by molar-refractivity contribution is 5.98. The largest absolute Gasteiger partial charge is 0.472 e. The van der Waals surface area contributed by atoms with E-state index in [4.69, 9.17) is 4.74 Å². The highest BCUT2D eigenvalue weighted by Gasteiger charge is 2.35. The lowest BCUT2D eigenvalue weighted by Gasteiger charge is -2.37. The molecule has 3 atom stereocenters. The Morgan fingerprint density at radius 2 is 1.89 bits per heavy atom. The molecule has 8 heteroatoms. The van der Waals surface area contributed by atoms with Crippen molar-refractivity contribution in [2.75, 3.05) is 26.7 Å². The number of likely N-dealkylation sites (N-methyl/N-ethyl adjacent to an activating group) is 1. The SMILES string of the molecule is Cc1ccc(-c2cnc3c(c2)C(=O)N([C@H](C)CO)C[C@@H](C)[C@H](CN(C)C(=O)c2ccncc2)O3)cc1. The fourth-order valence-electron chi connectivity index (χ4n) is 4.29. The highest BCUT2D eigenvalue weighted by Crippen LogP contribution is 2.30. The zero-order valence-electron chi connectivity index (χ0n) is 21.1. The molecule has 36 heavy (non-hydrogen) atoms. The van der Waals surface area contributed by atoms with E-state index >= 15 is 0 Å². The predicted molar refractivity (Wildman–Crippen MR) is 137 cm³/mol. The molecule has 1 aromatic carbocycles. The Kier molecular flexibility index (Phi) is 7.64. The van der Waals surface area contributed by atoms with Crippen molar-refractivity contribution in [3.05, 3.63) is 77.7 Å². The molecule has 3 aromatic rings. The van der Waals surface area contributed by atoms with E-state index in [1.165, 1.54) is 0 Å². The van der Waals surface area contributed by atoms with E-state index in [0.29, 0.717) is 24.2 Å². The van der Waals surface area contributed by atoms with Crippen molar-refractivity contribution in [1.29, 1.82) is 0 Å². The predicted octanol–water partition coefficient (Wildman–Crippen LogP) is 3.44. The number of aryl methyl sites for hydroxylation is 1. The molecular formula is C28H32N4O4. The Bertz CT molecular complexity index is 1220. The lowest BCUT2D eigenvalue weighted by atomic mass is 9.99. The second-order valence-corrected chi connectivity index (χ2v) is 9.49. The van der Waals surface area contributed by atoms with Crippen LogP contribution in [0.4, 0.5) is 0 Å². The first-order chi connectivity index (χ1) is 17.3. The van der Waals surface area contributed by atoms with Crippen molar-refractivity contribution < 1.29 is 19.4 Å². The normalized spacial score (nSPS) is 18.5. The molecule has 0 radical (unpaired) electrons. The van der Waals surface area contributed by atoms with Crippen LogP contribution in [0.15, 0.2) is 61.1 Å². The van der Waals surface area contributed by atoms with Gasteiger partial charge in [0.25, 0.3) is 11.8 Å². The van der Waals surface area contributed by atoms with Crippen LogP contribution in [0, 0.1) is 12.8 Å². The first kappa shape index (κ1) is 25.3. The van der Waals surface area contributed by atoms with Crippen molar-refractivity contribution in [2.24, 2.45) is 5.92 Å². The molecule has 188 valence electrons. The maximum Gasteiger partial charge on any atom is 0.259 e. The molecule has 1 N–H and O–H groups in total. The quantitative estimate of drug-likeness (QED) is 0.571. The number of amides is 2. The molecule has 0 unspecified atom stereocenters.